The number of amides is 1. The number of aryl methyl sites for hydroxylation is 1. The third-order valence-corrected chi connectivity index (χ3v) is 4.43. The summed E-state index contributed by atoms with van der Waals surface area (Å²) in [7, 11) is 0. The number of halogens is 1. The largest absolute Gasteiger partial charge is 0.443 e. The summed E-state index contributed by atoms with van der Waals surface area (Å²) in [5.41, 5.74) is 1.93. The number of benzene rings is 1. The molecule has 0 bridgehead atoms. The molecule has 2 N–H and O–H groups in total. The second-order valence-corrected chi connectivity index (χ2v) is 6.73. The lowest BCUT2D eigenvalue weighted by Gasteiger charge is -2.09. The van der Waals surface area contributed by atoms with Crippen molar-refractivity contribution in [3.8, 4) is 10.6 Å². The Kier molecular flexibility index (Phi) is 5.74. The number of hydrogen-bond acceptors (Lipinski definition) is 5. The van der Waals surface area contributed by atoms with Gasteiger partial charge < -0.3 is 15.5 Å². The van der Waals surface area contributed by atoms with Crippen molar-refractivity contribution in [2.45, 2.75) is 26.8 Å². The maximum Gasteiger partial charge on any atom is 0.407 e. The van der Waals surface area contributed by atoms with Crippen LogP contribution in [0, 0.1) is 12.3 Å². The summed E-state index contributed by atoms with van der Waals surface area (Å²) in [6, 6.07) is 7.38. The van der Waals surface area contributed by atoms with Gasteiger partial charge in [-0.1, -0.05) is 23.7 Å². The van der Waals surface area contributed by atoms with Crippen molar-refractivity contribution < 1.29 is 9.53 Å². The number of nitrogens with zero attached hydrogens (tertiary/aromatic N) is 1. The van der Waals surface area contributed by atoms with Gasteiger partial charge in [0, 0.05) is 16.6 Å². The maximum absolute atomic E-state index is 11.5. The first kappa shape index (κ1) is 17.4. The fourth-order valence-corrected chi connectivity index (χ4v) is 3.00. The molecule has 0 spiro atoms. The summed E-state index contributed by atoms with van der Waals surface area (Å²) in [5, 5.41) is 12.2. The van der Waals surface area contributed by atoms with E-state index in [1.807, 2.05) is 32.9 Å². The molecule has 1 aromatic carbocycles. The molecule has 0 aliphatic heterocycles. The van der Waals surface area contributed by atoms with E-state index in [1.165, 1.54) is 11.3 Å². The highest BCUT2D eigenvalue weighted by Gasteiger charge is 2.15. The molecule has 0 saturated heterocycles. The summed E-state index contributed by atoms with van der Waals surface area (Å²) in [6.45, 7) is 5.45. The molecule has 2 aromatic rings. The van der Waals surface area contributed by atoms with Crippen LogP contribution in [0.5, 0.6) is 0 Å². The molecule has 0 saturated carbocycles. The van der Waals surface area contributed by atoms with Crippen LogP contribution in [-0.2, 0) is 4.74 Å². The monoisotopic (exact) mass is 351 g/mol. The normalized spacial score (nSPS) is 10.7. The molecular formula is C16H18ClN3O2S. The van der Waals surface area contributed by atoms with Gasteiger partial charge in [-0.25, -0.2) is 9.78 Å². The SMILES string of the molecule is Cc1nc(-c2ccc(Cl)cc2)sc1C(=N)COC(=O)NC(C)C. The van der Waals surface area contributed by atoms with Gasteiger partial charge in [-0.15, -0.1) is 11.3 Å². The van der Waals surface area contributed by atoms with E-state index in [9.17, 15) is 4.79 Å². The molecule has 7 heteroatoms. The first-order valence-electron chi connectivity index (χ1n) is 7.11. The van der Waals surface area contributed by atoms with Crippen LogP contribution < -0.4 is 5.32 Å². The molecular weight excluding hydrogens is 334 g/mol. The fraction of sp³-hybridized carbons (Fsp3) is 0.312. The Morgan fingerprint density at radius 2 is 2.04 bits per heavy atom. The van der Waals surface area contributed by atoms with Gasteiger partial charge in [0.2, 0.25) is 0 Å². The zero-order valence-electron chi connectivity index (χ0n) is 13.1. The van der Waals surface area contributed by atoms with Crippen LogP contribution in [0.3, 0.4) is 0 Å². The Labute approximate surface area is 144 Å². The quantitative estimate of drug-likeness (QED) is 0.789. The number of aromatic nitrogens is 1. The number of carbonyl (C=O) groups is 1. The number of alkyl carbamates (subject to hydrolysis) is 1. The Morgan fingerprint density at radius 3 is 2.65 bits per heavy atom. The molecule has 0 fully saturated rings. The van der Waals surface area contributed by atoms with Gasteiger partial charge >= 0.3 is 6.09 Å². The molecule has 122 valence electrons. The van der Waals surface area contributed by atoms with Crippen LogP contribution in [-0.4, -0.2) is 29.4 Å². The van der Waals surface area contributed by atoms with E-state index < -0.39 is 6.09 Å². The molecule has 0 unspecified atom stereocenters. The highest BCUT2D eigenvalue weighted by atomic mass is 35.5. The van der Waals surface area contributed by atoms with Crippen molar-refractivity contribution >= 4 is 34.7 Å². The summed E-state index contributed by atoms with van der Waals surface area (Å²) in [5.74, 6) is 0. The van der Waals surface area contributed by atoms with Gasteiger partial charge in [0.05, 0.1) is 16.3 Å². The Hall–Kier alpha value is -1.92. The van der Waals surface area contributed by atoms with E-state index in [0.29, 0.717) is 9.90 Å². The lowest BCUT2D eigenvalue weighted by atomic mass is 10.2. The van der Waals surface area contributed by atoms with Gasteiger partial charge in [-0.3, -0.25) is 0 Å². The fourth-order valence-electron chi connectivity index (χ4n) is 1.87. The lowest BCUT2D eigenvalue weighted by Crippen LogP contribution is -2.32. The molecule has 2 rings (SSSR count). The molecule has 0 aliphatic carbocycles. The van der Waals surface area contributed by atoms with E-state index in [1.54, 1.807) is 12.1 Å². The third kappa shape index (κ3) is 4.77. The zero-order valence-corrected chi connectivity index (χ0v) is 14.7. The summed E-state index contributed by atoms with van der Waals surface area (Å²) >= 11 is 7.29. The second kappa shape index (κ2) is 7.57. The van der Waals surface area contributed by atoms with Crippen LogP contribution >= 0.6 is 22.9 Å². The average Bonchev–Trinajstić information content (AvgIpc) is 2.87. The zero-order chi connectivity index (χ0) is 17.0. The van der Waals surface area contributed by atoms with Crippen molar-refractivity contribution in [2.24, 2.45) is 0 Å². The topological polar surface area (TPSA) is 75.1 Å². The molecule has 5 nitrogen and oxygen atoms in total. The maximum atomic E-state index is 11.5. The van der Waals surface area contributed by atoms with Gasteiger partial charge in [0.1, 0.15) is 11.6 Å². The molecule has 0 atom stereocenters. The molecule has 1 amide bonds. The number of ether oxygens (including phenoxy) is 1. The number of rotatable bonds is 5. The second-order valence-electron chi connectivity index (χ2n) is 5.29. The highest BCUT2D eigenvalue weighted by molar-refractivity contribution is 7.17. The average molecular weight is 352 g/mol. The molecule has 1 heterocycles. The minimum atomic E-state index is -0.523. The number of thiazole rings is 1. The predicted molar refractivity (Wildman–Crippen MR) is 93.7 cm³/mol. The van der Waals surface area contributed by atoms with E-state index in [0.717, 1.165) is 16.3 Å². The van der Waals surface area contributed by atoms with Gasteiger partial charge in [0.15, 0.2) is 0 Å². The van der Waals surface area contributed by atoms with Crippen LogP contribution in [0.25, 0.3) is 10.6 Å². The van der Waals surface area contributed by atoms with Crippen molar-refractivity contribution in [2.75, 3.05) is 6.61 Å². The third-order valence-electron chi connectivity index (χ3n) is 2.92. The van der Waals surface area contributed by atoms with E-state index in [4.69, 9.17) is 21.7 Å². The first-order chi connectivity index (χ1) is 10.9. The van der Waals surface area contributed by atoms with Crippen molar-refractivity contribution in [3.63, 3.8) is 0 Å². The molecule has 1 aromatic heterocycles. The van der Waals surface area contributed by atoms with Crippen LogP contribution in [0.2, 0.25) is 5.02 Å². The Morgan fingerprint density at radius 1 is 1.39 bits per heavy atom. The standard InChI is InChI=1S/C16H18ClN3O2S/c1-9(2)19-16(21)22-8-13(18)14-10(3)20-15(23-14)11-4-6-12(17)7-5-11/h4-7,9,18H,8H2,1-3H3,(H,19,21). The summed E-state index contributed by atoms with van der Waals surface area (Å²) in [4.78, 5) is 16.7. The minimum absolute atomic E-state index is 0.00154. The first-order valence-corrected chi connectivity index (χ1v) is 8.30. The lowest BCUT2D eigenvalue weighted by molar-refractivity contribution is 0.159. The van der Waals surface area contributed by atoms with Crippen molar-refractivity contribution in [1.82, 2.24) is 10.3 Å². The van der Waals surface area contributed by atoms with Crippen LogP contribution in [0.1, 0.15) is 24.4 Å². The smallest absolute Gasteiger partial charge is 0.407 e. The van der Waals surface area contributed by atoms with Gasteiger partial charge in [-0.2, -0.15) is 0 Å². The minimum Gasteiger partial charge on any atom is -0.443 e. The summed E-state index contributed by atoms with van der Waals surface area (Å²) in [6.07, 6.45) is -0.523. The Bertz CT molecular complexity index is 711. The van der Waals surface area contributed by atoms with Crippen molar-refractivity contribution in [3.05, 3.63) is 39.9 Å². The van der Waals surface area contributed by atoms with E-state index >= 15 is 0 Å². The Balaban J connectivity index is 2.07. The van der Waals surface area contributed by atoms with Crippen LogP contribution in [0.15, 0.2) is 24.3 Å². The number of hydrogen-bond donors (Lipinski definition) is 2. The van der Waals surface area contributed by atoms with E-state index in [-0.39, 0.29) is 18.4 Å². The number of nitrogens with one attached hydrogen (secondary N) is 2. The van der Waals surface area contributed by atoms with Gasteiger partial charge in [-0.05, 0) is 32.9 Å². The van der Waals surface area contributed by atoms with Gasteiger partial charge in [0.25, 0.3) is 0 Å². The highest BCUT2D eigenvalue weighted by Crippen LogP contribution is 2.29. The molecule has 0 radical (unpaired) electrons. The molecule has 23 heavy (non-hydrogen) atoms. The van der Waals surface area contributed by atoms with Crippen molar-refractivity contribution in [1.29, 1.82) is 5.41 Å². The summed E-state index contributed by atoms with van der Waals surface area (Å²) < 4.78 is 5.04. The number of carbonyl (C=O) groups excluding carboxylic acids is 1. The molecule has 0 aliphatic rings. The predicted octanol–water partition coefficient (Wildman–Crippen LogP) is 4.27. The van der Waals surface area contributed by atoms with Crippen LogP contribution in [0.4, 0.5) is 4.79 Å². The van der Waals surface area contributed by atoms with E-state index in [2.05, 4.69) is 10.3 Å².